The minimum absolute atomic E-state index is 0.127. The van der Waals surface area contributed by atoms with E-state index in [1.807, 2.05) is 4.90 Å². The van der Waals surface area contributed by atoms with E-state index in [4.69, 9.17) is 4.74 Å². The van der Waals surface area contributed by atoms with E-state index in [1.54, 1.807) is 6.20 Å². The number of carbonyl (C=O) groups excluding carboxylic acids is 1. The predicted octanol–water partition coefficient (Wildman–Crippen LogP) is 1.36. The van der Waals surface area contributed by atoms with Gasteiger partial charge in [0.05, 0.1) is 24.8 Å². The Morgan fingerprint density at radius 3 is 3.00 bits per heavy atom. The van der Waals surface area contributed by atoms with Crippen LogP contribution in [0, 0.1) is 5.92 Å². The fourth-order valence-corrected chi connectivity index (χ4v) is 4.20. The topological polar surface area (TPSA) is 45.7 Å². The van der Waals surface area contributed by atoms with Gasteiger partial charge in [0.2, 0.25) is 0 Å². The normalized spacial score (nSPS) is 28.1. The number of likely N-dealkylation sites (N-methyl/N-ethyl adjacent to an activating group) is 1. The molecule has 0 spiro atoms. The molecular weight excluding hydrogens is 290 g/mol. The van der Waals surface area contributed by atoms with Crippen LogP contribution in [-0.4, -0.2) is 66.6 Å². The molecule has 4 rings (SSSR count). The number of hydrogen-bond acceptors (Lipinski definition) is 4. The van der Waals surface area contributed by atoms with Crippen molar-refractivity contribution in [2.75, 3.05) is 39.9 Å². The van der Waals surface area contributed by atoms with Gasteiger partial charge in [0.15, 0.2) is 0 Å². The molecule has 2 aliphatic heterocycles. The molecule has 0 aromatic carbocycles. The highest BCUT2D eigenvalue weighted by Gasteiger charge is 2.35. The van der Waals surface area contributed by atoms with Crippen LogP contribution in [-0.2, 0) is 17.6 Å². The summed E-state index contributed by atoms with van der Waals surface area (Å²) in [6, 6.07) is 2.24. The van der Waals surface area contributed by atoms with Crippen molar-refractivity contribution in [3.8, 4) is 0 Å². The molecule has 1 amide bonds. The van der Waals surface area contributed by atoms with Crippen LogP contribution in [0.1, 0.15) is 34.5 Å². The van der Waals surface area contributed by atoms with Gasteiger partial charge in [0.1, 0.15) is 0 Å². The summed E-state index contributed by atoms with van der Waals surface area (Å²) in [7, 11) is 2.14. The Morgan fingerprint density at radius 2 is 2.09 bits per heavy atom. The lowest BCUT2D eigenvalue weighted by molar-refractivity contribution is 0.0483. The first kappa shape index (κ1) is 15.1. The Labute approximate surface area is 137 Å². The zero-order valence-corrected chi connectivity index (χ0v) is 13.8. The molecule has 1 aromatic heterocycles. The monoisotopic (exact) mass is 315 g/mol. The number of aryl methyl sites for hydroxylation is 2. The average Bonchev–Trinajstić information content (AvgIpc) is 2.84. The van der Waals surface area contributed by atoms with Crippen molar-refractivity contribution in [3.05, 3.63) is 29.1 Å². The molecule has 2 saturated heterocycles. The standard InChI is InChI=1S/C18H25N3O2/c1-20-8-13-9-21(16(10-20)12-23-11-13)18(22)15-6-14-4-2-3-5-17(14)19-7-15/h6-7,13,16H,2-5,8-12H2,1H3/t13-,16-/m0/s1. The second kappa shape index (κ2) is 6.21. The summed E-state index contributed by atoms with van der Waals surface area (Å²) in [5.74, 6) is 0.531. The molecule has 0 unspecified atom stereocenters. The average molecular weight is 315 g/mol. The number of aromatic nitrogens is 1. The van der Waals surface area contributed by atoms with Crippen LogP contribution in [0.2, 0.25) is 0 Å². The number of ether oxygens (including phenoxy) is 1. The number of nitrogens with zero attached hydrogens (tertiary/aromatic N) is 3. The Bertz CT molecular complexity index is 604. The molecule has 1 aromatic rings. The van der Waals surface area contributed by atoms with E-state index in [2.05, 4.69) is 23.0 Å². The van der Waals surface area contributed by atoms with Gasteiger partial charge < -0.3 is 14.5 Å². The van der Waals surface area contributed by atoms with E-state index in [-0.39, 0.29) is 11.9 Å². The SMILES string of the molecule is CN1C[C@@H]2COC[C@H](C1)N(C(=O)c1cnc3c(c1)CCCC3)C2. The van der Waals surface area contributed by atoms with Gasteiger partial charge in [-0.2, -0.15) is 0 Å². The van der Waals surface area contributed by atoms with E-state index >= 15 is 0 Å². The molecule has 1 aliphatic carbocycles. The quantitative estimate of drug-likeness (QED) is 0.785. The molecular formula is C18H25N3O2. The summed E-state index contributed by atoms with van der Waals surface area (Å²) in [5.41, 5.74) is 3.21. The van der Waals surface area contributed by atoms with Gasteiger partial charge in [0, 0.05) is 37.4 Å². The molecule has 0 saturated carbocycles. The highest BCUT2D eigenvalue weighted by molar-refractivity contribution is 5.94. The summed E-state index contributed by atoms with van der Waals surface area (Å²) in [5, 5.41) is 0. The number of hydrogen-bond donors (Lipinski definition) is 0. The van der Waals surface area contributed by atoms with Gasteiger partial charge in [-0.05, 0) is 44.4 Å². The van der Waals surface area contributed by atoms with Crippen molar-refractivity contribution in [2.45, 2.75) is 31.7 Å². The molecule has 0 radical (unpaired) electrons. The van der Waals surface area contributed by atoms with Crippen molar-refractivity contribution < 1.29 is 9.53 Å². The molecule has 2 fully saturated rings. The van der Waals surface area contributed by atoms with Gasteiger partial charge >= 0.3 is 0 Å². The number of pyridine rings is 1. The molecule has 0 N–H and O–H groups in total. The predicted molar refractivity (Wildman–Crippen MR) is 87.5 cm³/mol. The van der Waals surface area contributed by atoms with Gasteiger partial charge in [-0.3, -0.25) is 9.78 Å². The van der Waals surface area contributed by atoms with Gasteiger partial charge in [-0.15, -0.1) is 0 Å². The van der Waals surface area contributed by atoms with Crippen LogP contribution in [0.25, 0.3) is 0 Å². The second-order valence-electron chi connectivity index (χ2n) is 7.27. The Balaban J connectivity index is 1.60. The third-order valence-corrected chi connectivity index (χ3v) is 5.33. The first-order valence-electron chi connectivity index (χ1n) is 8.76. The molecule has 3 aliphatic rings. The van der Waals surface area contributed by atoms with Gasteiger partial charge in [-0.1, -0.05) is 0 Å². The third kappa shape index (κ3) is 3.00. The lowest BCUT2D eigenvalue weighted by Crippen LogP contribution is -2.46. The highest BCUT2D eigenvalue weighted by atomic mass is 16.5. The summed E-state index contributed by atoms with van der Waals surface area (Å²) >= 11 is 0. The minimum atomic E-state index is 0.127. The molecule has 124 valence electrons. The summed E-state index contributed by atoms with van der Waals surface area (Å²) in [6.45, 7) is 4.09. The van der Waals surface area contributed by atoms with Crippen molar-refractivity contribution in [3.63, 3.8) is 0 Å². The maximum Gasteiger partial charge on any atom is 0.255 e. The summed E-state index contributed by atoms with van der Waals surface area (Å²) in [4.78, 5) is 22.0. The number of carbonyl (C=O) groups is 1. The van der Waals surface area contributed by atoms with Crippen molar-refractivity contribution in [2.24, 2.45) is 5.92 Å². The van der Waals surface area contributed by atoms with Crippen LogP contribution in [0.3, 0.4) is 0 Å². The second-order valence-corrected chi connectivity index (χ2v) is 7.27. The largest absolute Gasteiger partial charge is 0.379 e. The van der Waals surface area contributed by atoms with Crippen LogP contribution in [0.4, 0.5) is 0 Å². The zero-order valence-electron chi connectivity index (χ0n) is 13.8. The molecule has 2 atom stereocenters. The Kier molecular flexibility index (Phi) is 4.07. The third-order valence-electron chi connectivity index (χ3n) is 5.33. The lowest BCUT2D eigenvalue weighted by Gasteiger charge is -2.30. The van der Waals surface area contributed by atoms with E-state index in [0.29, 0.717) is 12.5 Å². The summed E-state index contributed by atoms with van der Waals surface area (Å²) in [6.07, 6.45) is 6.32. The molecule has 5 heteroatoms. The minimum Gasteiger partial charge on any atom is -0.379 e. The van der Waals surface area contributed by atoms with Gasteiger partial charge in [-0.25, -0.2) is 0 Å². The van der Waals surface area contributed by atoms with Crippen LogP contribution < -0.4 is 0 Å². The first-order chi connectivity index (χ1) is 11.2. The molecule has 23 heavy (non-hydrogen) atoms. The molecule has 3 heterocycles. The maximum atomic E-state index is 13.1. The van der Waals surface area contributed by atoms with Crippen molar-refractivity contribution in [1.82, 2.24) is 14.8 Å². The Hall–Kier alpha value is -1.46. The molecule has 5 nitrogen and oxygen atoms in total. The van der Waals surface area contributed by atoms with Crippen molar-refractivity contribution >= 4 is 5.91 Å². The smallest absolute Gasteiger partial charge is 0.255 e. The fraction of sp³-hybridized carbons (Fsp3) is 0.667. The summed E-state index contributed by atoms with van der Waals surface area (Å²) < 4.78 is 5.78. The number of amides is 1. The Morgan fingerprint density at radius 1 is 1.22 bits per heavy atom. The van der Waals surface area contributed by atoms with E-state index in [0.717, 1.165) is 44.6 Å². The van der Waals surface area contributed by atoms with Crippen LogP contribution >= 0.6 is 0 Å². The van der Waals surface area contributed by atoms with Gasteiger partial charge in [0.25, 0.3) is 5.91 Å². The number of rotatable bonds is 1. The number of fused-ring (bicyclic) bond motifs is 4. The van der Waals surface area contributed by atoms with Crippen molar-refractivity contribution in [1.29, 1.82) is 0 Å². The maximum absolute atomic E-state index is 13.1. The zero-order chi connectivity index (χ0) is 15.8. The first-order valence-corrected chi connectivity index (χ1v) is 8.76. The van der Waals surface area contributed by atoms with E-state index < -0.39 is 0 Å². The highest BCUT2D eigenvalue weighted by Crippen LogP contribution is 2.24. The van der Waals surface area contributed by atoms with E-state index in [1.165, 1.54) is 24.1 Å². The lowest BCUT2D eigenvalue weighted by atomic mass is 9.95. The molecule has 2 bridgehead atoms. The fourth-order valence-electron chi connectivity index (χ4n) is 4.20. The van der Waals surface area contributed by atoms with Crippen LogP contribution in [0.5, 0.6) is 0 Å². The van der Waals surface area contributed by atoms with E-state index in [9.17, 15) is 4.79 Å². The van der Waals surface area contributed by atoms with Crippen LogP contribution in [0.15, 0.2) is 12.3 Å².